The fourth-order valence-corrected chi connectivity index (χ4v) is 2.51. The second-order valence-corrected chi connectivity index (χ2v) is 5.55. The number of nitrogens with zero attached hydrogens (tertiary/aromatic N) is 1. The minimum absolute atomic E-state index is 0.106. The number of hydrogen-bond donors (Lipinski definition) is 3. The maximum absolute atomic E-state index is 12.2. The highest BCUT2D eigenvalue weighted by molar-refractivity contribution is 5.90. The van der Waals surface area contributed by atoms with Crippen LogP contribution in [-0.4, -0.2) is 23.9 Å². The van der Waals surface area contributed by atoms with Crippen molar-refractivity contribution in [2.24, 2.45) is 0 Å². The molecule has 26 heavy (non-hydrogen) atoms. The molecule has 2 aromatic rings. The zero-order chi connectivity index (χ0) is 18.5. The van der Waals surface area contributed by atoms with E-state index in [1.165, 1.54) is 0 Å². The molecule has 0 saturated heterocycles. The molecule has 8 heteroatoms. The summed E-state index contributed by atoms with van der Waals surface area (Å²) in [6.45, 7) is 0.106. The lowest BCUT2D eigenvalue weighted by Crippen LogP contribution is -2.33. The van der Waals surface area contributed by atoms with Crippen LogP contribution in [0, 0.1) is 11.3 Å². The Morgan fingerprint density at radius 2 is 1.88 bits per heavy atom. The minimum Gasteiger partial charge on any atom is -0.481 e. The summed E-state index contributed by atoms with van der Waals surface area (Å²) in [5, 5.41) is 23.2. The van der Waals surface area contributed by atoms with Crippen LogP contribution >= 0.6 is 0 Å². The van der Waals surface area contributed by atoms with Crippen molar-refractivity contribution in [2.45, 2.75) is 12.5 Å². The number of hydrogen-bond acceptors (Lipinski definition) is 5. The molecular weight excluding hydrogens is 338 g/mol. The predicted molar refractivity (Wildman–Crippen MR) is 90.9 cm³/mol. The second kappa shape index (κ2) is 7.44. The average molecular weight is 353 g/mol. The minimum atomic E-state index is -1.05. The number of carboxylic acids is 1. The Morgan fingerprint density at radius 3 is 2.58 bits per heavy atom. The number of nitriles is 1. The summed E-state index contributed by atoms with van der Waals surface area (Å²) >= 11 is 0. The van der Waals surface area contributed by atoms with Crippen LogP contribution in [0.1, 0.15) is 23.6 Å². The Balaban J connectivity index is 1.72. The molecule has 0 saturated carbocycles. The van der Waals surface area contributed by atoms with Gasteiger partial charge >= 0.3 is 12.0 Å². The third-order valence-corrected chi connectivity index (χ3v) is 3.75. The van der Waals surface area contributed by atoms with Gasteiger partial charge in [0.25, 0.3) is 0 Å². The van der Waals surface area contributed by atoms with Gasteiger partial charge < -0.3 is 25.2 Å². The van der Waals surface area contributed by atoms with Gasteiger partial charge in [-0.05, 0) is 42.0 Å². The number of carbonyl (C=O) groups is 2. The molecule has 0 spiro atoms. The number of benzene rings is 2. The van der Waals surface area contributed by atoms with Crippen molar-refractivity contribution in [3.05, 3.63) is 53.6 Å². The van der Waals surface area contributed by atoms with E-state index in [-0.39, 0.29) is 13.2 Å². The van der Waals surface area contributed by atoms with Crippen molar-refractivity contribution in [1.82, 2.24) is 5.32 Å². The Kier molecular flexibility index (Phi) is 4.90. The molecule has 8 nitrogen and oxygen atoms in total. The monoisotopic (exact) mass is 353 g/mol. The van der Waals surface area contributed by atoms with Gasteiger partial charge in [0.15, 0.2) is 11.5 Å². The lowest BCUT2D eigenvalue weighted by atomic mass is 10.0. The summed E-state index contributed by atoms with van der Waals surface area (Å²) in [5.74, 6) is 0.0309. The lowest BCUT2D eigenvalue weighted by molar-refractivity contribution is -0.137. The van der Waals surface area contributed by atoms with Crippen LogP contribution < -0.4 is 20.1 Å². The van der Waals surface area contributed by atoms with E-state index in [0.717, 1.165) is 0 Å². The van der Waals surface area contributed by atoms with Crippen molar-refractivity contribution in [2.75, 3.05) is 12.1 Å². The number of carboxylic acid groups (broad SMARTS) is 1. The number of aliphatic carboxylic acids is 1. The number of carbonyl (C=O) groups excluding carboxylic acids is 1. The molecule has 2 amide bonds. The van der Waals surface area contributed by atoms with Crippen molar-refractivity contribution >= 4 is 17.7 Å². The van der Waals surface area contributed by atoms with Crippen molar-refractivity contribution < 1.29 is 24.2 Å². The molecule has 0 aliphatic carbocycles. The summed E-state index contributed by atoms with van der Waals surface area (Å²) in [5.41, 5.74) is 1.55. The Bertz CT molecular complexity index is 873. The smallest absolute Gasteiger partial charge is 0.319 e. The molecule has 3 N–H and O–H groups in total. The van der Waals surface area contributed by atoms with Gasteiger partial charge in [0, 0.05) is 5.69 Å². The van der Waals surface area contributed by atoms with Crippen LogP contribution in [0.4, 0.5) is 10.5 Å². The highest BCUT2D eigenvalue weighted by atomic mass is 16.7. The summed E-state index contributed by atoms with van der Waals surface area (Å²) in [6.07, 6.45) is -0.291. The topological polar surface area (TPSA) is 121 Å². The van der Waals surface area contributed by atoms with Crippen LogP contribution in [0.5, 0.6) is 11.5 Å². The Labute approximate surface area is 149 Å². The molecule has 0 fully saturated rings. The number of fused-ring (bicyclic) bond motifs is 1. The number of anilines is 1. The van der Waals surface area contributed by atoms with Gasteiger partial charge in [0.05, 0.1) is 24.1 Å². The summed E-state index contributed by atoms with van der Waals surface area (Å²) in [6, 6.07) is 12.0. The molecule has 0 bridgehead atoms. The van der Waals surface area contributed by atoms with Gasteiger partial charge in [-0.2, -0.15) is 5.26 Å². The fraction of sp³-hybridized carbons (Fsp3) is 0.167. The van der Waals surface area contributed by atoms with Crippen LogP contribution in [0.15, 0.2) is 42.5 Å². The average Bonchev–Trinajstić information content (AvgIpc) is 3.09. The zero-order valence-corrected chi connectivity index (χ0v) is 13.6. The first-order valence-electron chi connectivity index (χ1n) is 7.74. The SMILES string of the molecule is N#Cc1ccc(NC(=O)NC(CC(=O)O)c2ccc3c(c2)OCO3)cc1. The normalized spacial score (nSPS) is 12.7. The highest BCUT2D eigenvalue weighted by Crippen LogP contribution is 2.34. The number of rotatable bonds is 5. The third-order valence-electron chi connectivity index (χ3n) is 3.75. The van der Waals surface area contributed by atoms with Gasteiger partial charge in [-0.25, -0.2) is 4.79 Å². The van der Waals surface area contributed by atoms with E-state index in [2.05, 4.69) is 10.6 Å². The largest absolute Gasteiger partial charge is 0.481 e. The van der Waals surface area contributed by atoms with Crippen molar-refractivity contribution in [3.63, 3.8) is 0 Å². The van der Waals surface area contributed by atoms with Gasteiger partial charge in [-0.15, -0.1) is 0 Å². The molecule has 3 rings (SSSR count). The summed E-state index contributed by atoms with van der Waals surface area (Å²) < 4.78 is 10.5. The maximum Gasteiger partial charge on any atom is 0.319 e. The standard InChI is InChI=1S/C18H15N3O5/c19-9-11-1-4-13(5-2-11)20-18(24)21-14(8-17(22)23)12-3-6-15-16(7-12)26-10-25-15/h1-7,14H,8,10H2,(H,22,23)(H2,20,21,24). The quantitative estimate of drug-likeness (QED) is 0.760. The van der Waals surface area contributed by atoms with Gasteiger partial charge in [0.1, 0.15) is 0 Å². The molecule has 0 radical (unpaired) electrons. The first-order chi connectivity index (χ1) is 12.5. The molecule has 132 valence electrons. The number of nitrogens with one attached hydrogen (secondary N) is 2. The number of amides is 2. The zero-order valence-electron chi connectivity index (χ0n) is 13.6. The summed E-state index contributed by atoms with van der Waals surface area (Å²) in [4.78, 5) is 23.4. The first-order valence-corrected chi connectivity index (χ1v) is 7.74. The Hall–Kier alpha value is -3.73. The first kappa shape index (κ1) is 17.1. The van der Waals surface area contributed by atoms with Crippen molar-refractivity contribution in [1.29, 1.82) is 5.26 Å². The summed E-state index contributed by atoms with van der Waals surface area (Å²) in [7, 11) is 0. The van der Waals surface area contributed by atoms with Crippen LogP contribution in [0.3, 0.4) is 0 Å². The molecule has 0 aromatic heterocycles. The van der Waals surface area contributed by atoms with Gasteiger partial charge in [-0.1, -0.05) is 6.07 Å². The van der Waals surface area contributed by atoms with Crippen LogP contribution in [-0.2, 0) is 4.79 Å². The molecule has 1 unspecified atom stereocenters. The molecular formula is C18H15N3O5. The van der Waals surface area contributed by atoms with Crippen LogP contribution in [0.2, 0.25) is 0 Å². The van der Waals surface area contributed by atoms with Gasteiger partial charge in [0.2, 0.25) is 6.79 Å². The molecule has 2 aromatic carbocycles. The van der Waals surface area contributed by atoms with Gasteiger partial charge in [-0.3, -0.25) is 4.79 Å². The highest BCUT2D eigenvalue weighted by Gasteiger charge is 2.22. The second-order valence-electron chi connectivity index (χ2n) is 5.55. The molecule has 1 aliphatic rings. The van der Waals surface area contributed by atoms with E-state index < -0.39 is 18.0 Å². The van der Waals surface area contributed by atoms with E-state index in [9.17, 15) is 9.59 Å². The molecule has 1 heterocycles. The van der Waals surface area contributed by atoms with E-state index in [4.69, 9.17) is 19.8 Å². The van der Waals surface area contributed by atoms with E-state index >= 15 is 0 Å². The Morgan fingerprint density at radius 1 is 1.15 bits per heavy atom. The van der Waals surface area contributed by atoms with Crippen LogP contribution in [0.25, 0.3) is 0 Å². The maximum atomic E-state index is 12.2. The van der Waals surface area contributed by atoms with E-state index in [0.29, 0.717) is 28.3 Å². The fourth-order valence-electron chi connectivity index (χ4n) is 2.51. The third kappa shape index (κ3) is 4.02. The van der Waals surface area contributed by atoms with E-state index in [1.807, 2.05) is 6.07 Å². The van der Waals surface area contributed by atoms with E-state index in [1.54, 1.807) is 42.5 Å². The lowest BCUT2D eigenvalue weighted by Gasteiger charge is -2.18. The number of ether oxygens (including phenoxy) is 2. The molecule has 1 aliphatic heterocycles. The predicted octanol–water partition coefficient (Wildman–Crippen LogP) is 2.62. The number of urea groups is 1. The van der Waals surface area contributed by atoms with Crippen molar-refractivity contribution in [3.8, 4) is 17.6 Å². The molecule has 1 atom stereocenters.